The van der Waals surface area contributed by atoms with Gasteiger partial charge in [0.2, 0.25) is 5.95 Å². The van der Waals surface area contributed by atoms with Crippen LogP contribution >= 0.6 is 0 Å². The maximum atomic E-state index is 5.53. The second kappa shape index (κ2) is 10.7. The highest BCUT2D eigenvalue weighted by atomic mass is 15.2. The van der Waals surface area contributed by atoms with Gasteiger partial charge < -0.3 is 0 Å². The van der Waals surface area contributed by atoms with Gasteiger partial charge in [-0.2, -0.15) is 0 Å². The van der Waals surface area contributed by atoms with E-state index in [0.717, 1.165) is 44.0 Å². The predicted molar refractivity (Wildman–Crippen MR) is 217 cm³/mol. The minimum Gasteiger partial charge on any atom is -0.277 e. The molecule has 0 saturated carbocycles. The van der Waals surface area contributed by atoms with Crippen molar-refractivity contribution < 1.29 is 0 Å². The number of benzene rings is 8. The zero-order valence-electron chi connectivity index (χ0n) is 28.9. The summed E-state index contributed by atoms with van der Waals surface area (Å²) in [5, 5.41) is 8.10. The standard InChI is InChI=1S/C49H33N3/c1-49(2)42-25-11-10-20-35(42)36-21-12-22-37(44(36)49)38-23-13-24-39-41-28-32-17-6-7-18-33(32)29-43(41)52(47(38)39)48-50-45(31-15-4-3-5-16-31)40-27-26-30-14-8-9-19-34(30)46(40)51-48/h3-29H,1-2H3. The van der Waals surface area contributed by atoms with Gasteiger partial charge in [-0.15, -0.1) is 0 Å². The van der Waals surface area contributed by atoms with Crippen LogP contribution in [0.4, 0.5) is 0 Å². The first-order valence-electron chi connectivity index (χ1n) is 18.0. The Balaban J connectivity index is 1.31. The van der Waals surface area contributed by atoms with Crippen LogP contribution in [0.15, 0.2) is 164 Å². The van der Waals surface area contributed by atoms with E-state index in [1.54, 1.807) is 0 Å². The summed E-state index contributed by atoms with van der Waals surface area (Å²) in [4.78, 5) is 11.1. The van der Waals surface area contributed by atoms with Crippen molar-refractivity contribution in [3.05, 3.63) is 175 Å². The molecule has 10 aromatic rings. The molecule has 0 aliphatic heterocycles. The Morgan fingerprint density at radius 2 is 1.10 bits per heavy atom. The fraction of sp³-hybridized carbons (Fsp3) is 0.0612. The Labute approximate surface area is 301 Å². The van der Waals surface area contributed by atoms with E-state index in [1.807, 2.05) is 0 Å². The van der Waals surface area contributed by atoms with Crippen LogP contribution < -0.4 is 0 Å². The topological polar surface area (TPSA) is 30.7 Å². The van der Waals surface area contributed by atoms with Crippen LogP contribution in [-0.4, -0.2) is 14.5 Å². The lowest BCUT2D eigenvalue weighted by atomic mass is 9.78. The van der Waals surface area contributed by atoms with E-state index in [2.05, 4.69) is 182 Å². The zero-order valence-corrected chi connectivity index (χ0v) is 28.9. The average molecular weight is 664 g/mol. The number of rotatable bonds is 3. The van der Waals surface area contributed by atoms with E-state index in [9.17, 15) is 0 Å². The molecule has 0 radical (unpaired) electrons. The van der Waals surface area contributed by atoms with E-state index in [4.69, 9.17) is 9.97 Å². The second-order valence-corrected chi connectivity index (χ2v) is 14.6. The molecular formula is C49H33N3. The molecule has 0 atom stereocenters. The van der Waals surface area contributed by atoms with Gasteiger partial charge >= 0.3 is 0 Å². The van der Waals surface area contributed by atoms with Crippen LogP contribution in [0.2, 0.25) is 0 Å². The number of nitrogens with zero attached hydrogens (tertiary/aromatic N) is 3. The number of fused-ring (bicyclic) bond motifs is 10. The summed E-state index contributed by atoms with van der Waals surface area (Å²) >= 11 is 0. The van der Waals surface area contributed by atoms with Crippen LogP contribution in [0.5, 0.6) is 0 Å². The van der Waals surface area contributed by atoms with Crippen molar-refractivity contribution in [2.45, 2.75) is 19.3 Å². The molecule has 244 valence electrons. The lowest BCUT2D eigenvalue weighted by molar-refractivity contribution is 0.662. The van der Waals surface area contributed by atoms with Crippen molar-refractivity contribution in [3.8, 4) is 39.5 Å². The van der Waals surface area contributed by atoms with Crippen molar-refractivity contribution in [1.82, 2.24) is 14.5 Å². The number of hydrogen-bond acceptors (Lipinski definition) is 2. The van der Waals surface area contributed by atoms with Gasteiger partial charge in [-0.1, -0.05) is 159 Å². The predicted octanol–water partition coefficient (Wildman–Crippen LogP) is 12.7. The quantitative estimate of drug-likeness (QED) is 0.176. The molecular weight excluding hydrogens is 631 g/mol. The summed E-state index contributed by atoms with van der Waals surface area (Å²) in [5.41, 5.74) is 12.8. The highest BCUT2D eigenvalue weighted by Crippen LogP contribution is 2.53. The largest absolute Gasteiger partial charge is 0.277 e. The minimum absolute atomic E-state index is 0.172. The first-order valence-corrected chi connectivity index (χ1v) is 18.0. The van der Waals surface area contributed by atoms with Crippen molar-refractivity contribution in [2.75, 3.05) is 0 Å². The Hall–Kier alpha value is -6.58. The summed E-state index contributed by atoms with van der Waals surface area (Å²) in [6, 6.07) is 59.3. The minimum atomic E-state index is -0.172. The molecule has 0 saturated heterocycles. The summed E-state index contributed by atoms with van der Waals surface area (Å²) in [5.74, 6) is 0.667. The van der Waals surface area contributed by atoms with Gasteiger partial charge in [-0.05, 0) is 62.2 Å². The Morgan fingerprint density at radius 3 is 1.94 bits per heavy atom. The Bertz CT molecular complexity index is 3100. The fourth-order valence-electron chi connectivity index (χ4n) is 9.02. The molecule has 0 fully saturated rings. The molecule has 0 spiro atoms. The summed E-state index contributed by atoms with van der Waals surface area (Å²) in [6.07, 6.45) is 0. The molecule has 1 aliphatic carbocycles. The average Bonchev–Trinajstić information content (AvgIpc) is 3.64. The molecule has 2 heterocycles. The fourth-order valence-corrected chi connectivity index (χ4v) is 9.02. The van der Waals surface area contributed by atoms with E-state index in [1.165, 1.54) is 54.9 Å². The number of hydrogen-bond donors (Lipinski definition) is 0. The molecule has 52 heavy (non-hydrogen) atoms. The van der Waals surface area contributed by atoms with E-state index >= 15 is 0 Å². The van der Waals surface area contributed by atoms with Crippen LogP contribution in [0.3, 0.4) is 0 Å². The lowest BCUT2D eigenvalue weighted by Crippen LogP contribution is -2.16. The summed E-state index contributed by atoms with van der Waals surface area (Å²) < 4.78 is 2.34. The maximum Gasteiger partial charge on any atom is 0.235 e. The Kier molecular flexibility index (Phi) is 6.01. The van der Waals surface area contributed by atoms with Gasteiger partial charge in [0.05, 0.1) is 22.2 Å². The molecule has 0 unspecified atom stereocenters. The smallest absolute Gasteiger partial charge is 0.235 e. The van der Waals surface area contributed by atoms with Crippen LogP contribution in [0.25, 0.3) is 93.7 Å². The van der Waals surface area contributed by atoms with E-state index in [-0.39, 0.29) is 5.41 Å². The van der Waals surface area contributed by atoms with Crippen LogP contribution in [-0.2, 0) is 5.41 Å². The molecule has 3 heteroatoms. The first kappa shape index (κ1) is 29.2. The van der Waals surface area contributed by atoms with Gasteiger partial charge in [-0.25, -0.2) is 9.97 Å². The lowest BCUT2D eigenvalue weighted by Gasteiger charge is -2.25. The molecule has 1 aliphatic rings. The van der Waals surface area contributed by atoms with Gasteiger partial charge in [0.25, 0.3) is 0 Å². The maximum absolute atomic E-state index is 5.53. The van der Waals surface area contributed by atoms with Gasteiger partial charge in [-0.3, -0.25) is 4.57 Å². The van der Waals surface area contributed by atoms with Crippen molar-refractivity contribution in [2.24, 2.45) is 0 Å². The number of aromatic nitrogens is 3. The molecule has 0 amide bonds. The molecule has 0 N–H and O–H groups in total. The SMILES string of the molecule is CC1(C)c2ccccc2-c2cccc(-c3cccc4c5cc6ccccc6cc5n(-c5nc(-c6ccccc6)c6ccc7ccccc7c6n5)c34)c21. The zero-order chi connectivity index (χ0) is 34.6. The van der Waals surface area contributed by atoms with Gasteiger partial charge in [0.15, 0.2) is 0 Å². The van der Waals surface area contributed by atoms with Crippen molar-refractivity contribution in [1.29, 1.82) is 0 Å². The first-order chi connectivity index (χ1) is 25.6. The Morgan fingerprint density at radius 1 is 0.462 bits per heavy atom. The van der Waals surface area contributed by atoms with Crippen LogP contribution in [0, 0.1) is 0 Å². The van der Waals surface area contributed by atoms with Gasteiger partial charge in [0, 0.05) is 38.1 Å². The van der Waals surface area contributed by atoms with Gasteiger partial charge in [0.1, 0.15) is 0 Å². The van der Waals surface area contributed by atoms with Crippen LogP contribution in [0.1, 0.15) is 25.0 Å². The molecule has 11 rings (SSSR count). The second-order valence-electron chi connectivity index (χ2n) is 14.6. The van der Waals surface area contributed by atoms with Crippen molar-refractivity contribution in [3.63, 3.8) is 0 Å². The van der Waals surface area contributed by atoms with E-state index < -0.39 is 0 Å². The third-order valence-corrected chi connectivity index (χ3v) is 11.4. The molecule has 8 aromatic carbocycles. The molecule has 3 nitrogen and oxygen atoms in total. The molecule has 0 bridgehead atoms. The third-order valence-electron chi connectivity index (χ3n) is 11.4. The van der Waals surface area contributed by atoms with Crippen molar-refractivity contribution >= 4 is 54.3 Å². The summed E-state index contributed by atoms with van der Waals surface area (Å²) in [7, 11) is 0. The number of para-hydroxylation sites is 1. The summed E-state index contributed by atoms with van der Waals surface area (Å²) in [6.45, 7) is 4.74. The van der Waals surface area contributed by atoms with E-state index in [0.29, 0.717) is 5.95 Å². The highest BCUT2D eigenvalue weighted by molar-refractivity contribution is 6.17. The third kappa shape index (κ3) is 4.02. The monoisotopic (exact) mass is 663 g/mol. The highest BCUT2D eigenvalue weighted by Gasteiger charge is 2.37. The molecule has 2 aromatic heterocycles. The normalized spacial score (nSPS) is 13.3.